The maximum Gasteiger partial charge on any atom is 0.513 e. The number of nitrogens with zero attached hydrogens (tertiary/aromatic N) is 1. The highest BCUT2D eigenvalue weighted by Crippen LogP contribution is 1.63. The molecule has 0 unspecified atom stereocenters. The van der Waals surface area contributed by atoms with Crippen molar-refractivity contribution in [2.75, 3.05) is 0 Å². The van der Waals surface area contributed by atoms with Crippen LogP contribution in [0.25, 0.3) is 0 Å². The lowest BCUT2D eigenvalue weighted by atomic mass is 11.0. The van der Waals surface area contributed by atoms with E-state index in [9.17, 15) is 0 Å². The van der Waals surface area contributed by atoms with Crippen molar-refractivity contribution in [2.45, 2.75) is 0 Å². The van der Waals surface area contributed by atoms with E-state index in [0.717, 1.165) is 0 Å². The molecule has 0 fully saturated rings. The molecule has 0 bridgehead atoms. The summed E-state index contributed by atoms with van der Waals surface area (Å²) in [5.41, 5.74) is 0. The SMILES string of the molecule is O=COC(=O)O.c1c[nH]cn1. The van der Waals surface area contributed by atoms with Gasteiger partial charge in [0.1, 0.15) is 0 Å². The molecule has 0 atom stereocenters. The molecule has 1 heterocycles. The van der Waals surface area contributed by atoms with Gasteiger partial charge in [0.15, 0.2) is 0 Å². The van der Waals surface area contributed by atoms with Gasteiger partial charge in [0.25, 0.3) is 0 Å². The molecule has 1 aromatic rings. The number of nitrogens with one attached hydrogen (secondary N) is 1. The predicted octanol–water partition coefficient (Wildman–Crippen LogP) is 0.247. The fourth-order valence-corrected chi connectivity index (χ4v) is 0.256. The van der Waals surface area contributed by atoms with Gasteiger partial charge in [-0.3, -0.25) is 4.79 Å². The zero-order valence-corrected chi connectivity index (χ0v) is 5.43. The second kappa shape index (κ2) is 6.27. The standard InChI is InChI=1S/C3H4N2.C2H2O4/c1-2-5-3-4-1;3-1-6-2(4)5/h1-3H,(H,4,5);1H,(H,4,5). The molecule has 6 heteroatoms. The number of hydrogen-bond donors (Lipinski definition) is 2. The average molecular weight is 158 g/mol. The number of aromatic nitrogens is 2. The summed E-state index contributed by atoms with van der Waals surface area (Å²) in [4.78, 5) is 24.6. The van der Waals surface area contributed by atoms with Gasteiger partial charge in [0, 0.05) is 12.4 Å². The smallest absolute Gasteiger partial charge is 0.449 e. The fraction of sp³-hybridized carbons (Fsp3) is 0. The van der Waals surface area contributed by atoms with Crippen LogP contribution in [0.15, 0.2) is 18.7 Å². The number of carboxylic acid groups (broad SMARTS) is 1. The summed E-state index contributed by atoms with van der Waals surface area (Å²) >= 11 is 0. The van der Waals surface area contributed by atoms with Gasteiger partial charge >= 0.3 is 12.6 Å². The molecule has 0 amide bonds. The van der Waals surface area contributed by atoms with E-state index in [1.807, 2.05) is 0 Å². The quantitative estimate of drug-likeness (QED) is 0.347. The van der Waals surface area contributed by atoms with Crippen molar-refractivity contribution in [1.29, 1.82) is 0 Å². The molecule has 6 nitrogen and oxygen atoms in total. The van der Waals surface area contributed by atoms with E-state index in [2.05, 4.69) is 14.7 Å². The van der Waals surface area contributed by atoms with Crippen LogP contribution >= 0.6 is 0 Å². The van der Waals surface area contributed by atoms with E-state index in [1.54, 1.807) is 18.7 Å². The number of ether oxygens (including phenoxy) is 1. The monoisotopic (exact) mass is 158 g/mol. The van der Waals surface area contributed by atoms with Gasteiger partial charge in [-0.2, -0.15) is 0 Å². The minimum Gasteiger partial charge on any atom is -0.449 e. The summed E-state index contributed by atoms with van der Waals surface area (Å²) in [7, 11) is 0. The molecule has 1 rings (SSSR count). The van der Waals surface area contributed by atoms with Crippen LogP contribution in [0.2, 0.25) is 0 Å². The zero-order valence-electron chi connectivity index (χ0n) is 5.43. The highest BCUT2D eigenvalue weighted by atomic mass is 16.7. The minimum absolute atomic E-state index is 0.150. The first kappa shape index (κ1) is 9.15. The Hall–Kier alpha value is -1.85. The Balaban J connectivity index is 0.000000183. The van der Waals surface area contributed by atoms with Crippen LogP contribution in [0.5, 0.6) is 0 Å². The van der Waals surface area contributed by atoms with Crippen molar-refractivity contribution >= 4 is 12.6 Å². The van der Waals surface area contributed by atoms with Crippen molar-refractivity contribution in [2.24, 2.45) is 0 Å². The Morgan fingerprint density at radius 1 is 1.73 bits per heavy atom. The van der Waals surface area contributed by atoms with E-state index in [4.69, 9.17) is 14.7 Å². The fourth-order valence-electron chi connectivity index (χ4n) is 0.256. The number of hydrogen-bond acceptors (Lipinski definition) is 4. The van der Waals surface area contributed by atoms with E-state index in [0.29, 0.717) is 0 Å². The summed E-state index contributed by atoms with van der Waals surface area (Å²) in [6.07, 6.45) is 3.50. The molecule has 0 spiro atoms. The first-order chi connectivity index (χ1) is 5.27. The number of rotatable bonds is 1. The largest absolute Gasteiger partial charge is 0.513 e. The maximum atomic E-state index is 9.15. The first-order valence-electron chi connectivity index (χ1n) is 2.53. The third-order valence-corrected chi connectivity index (χ3v) is 0.555. The van der Waals surface area contributed by atoms with Crippen molar-refractivity contribution in [3.8, 4) is 0 Å². The van der Waals surface area contributed by atoms with E-state index < -0.39 is 6.16 Å². The molecule has 0 aliphatic heterocycles. The van der Waals surface area contributed by atoms with Crippen LogP contribution < -0.4 is 0 Å². The highest BCUT2D eigenvalue weighted by Gasteiger charge is 1.87. The van der Waals surface area contributed by atoms with Crippen LogP contribution in [0, 0.1) is 0 Å². The van der Waals surface area contributed by atoms with Crippen molar-refractivity contribution in [1.82, 2.24) is 9.97 Å². The lowest BCUT2D eigenvalue weighted by Gasteiger charge is -1.77. The summed E-state index contributed by atoms with van der Waals surface area (Å²) in [6, 6.07) is 0. The Morgan fingerprint density at radius 2 is 2.45 bits per heavy atom. The first-order valence-corrected chi connectivity index (χ1v) is 2.53. The summed E-state index contributed by atoms with van der Waals surface area (Å²) in [5, 5.41) is 7.46. The number of carbonyl (C=O) groups is 2. The molecule has 0 aromatic carbocycles. The van der Waals surface area contributed by atoms with Crippen LogP contribution in [0.3, 0.4) is 0 Å². The van der Waals surface area contributed by atoms with Gasteiger partial charge in [0.05, 0.1) is 6.33 Å². The second-order valence-electron chi connectivity index (χ2n) is 1.24. The third kappa shape index (κ3) is 8.15. The van der Waals surface area contributed by atoms with E-state index in [1.165, 1.54) is 0 Å². The maximum absolute atomic E-state index is 9.15. The Labute approximate surface area is 61.8 Å². The molecule has 0 aliphatic rings. The summed E-state index contributed by atoms with van der Waals surface area (Å²) < 4.78 is 3.28. The van der Waals surface area contributed by atoms with Gasteiger partial charge in [-0.05, 0) is 0 Å². The molecule has 0 aliphatic carbocycles. The van der Waals surface area contributed by atoms with Gasteiger partial charge in [0.2, 0.25) is 0 Å². The summed E-state index contributed by atoms with van der Waals surface area (Å²) in [6.45, 7) is -0.150. The van der Waals surface area contributed by atoms with E-state index in [-0.39, 0.29) is 6.47 Å². The normalized spacial score (nSPS) is 7.27. The van der Waals surface area contributed by atoms with Crippen molar-refractivity contribution < 1.29 is 19.4 Å². The zero-order chi connectivity index (χ0) is 8.53. The van der Waals surface area contributed by atoms with Gasteiger partial charge in [-0.15, -0.1) is 0 Å². The molecule has 0 radical (unpaired) electrons. The van der Waals surface area contributed by atoms with Crippen LogP contribution in [0.1, 0.15) is 0 Å². The molecule has 0 saturated carbocycles. The molecule has 60 valence electrons. The number of carbonyl (C=O) groups excluding carboxylic acids is 1. The van der Waals surface area contributed by atoms with Gasteiger partial charge in [-0.1, -0.05) is 0 Å². The molecule has 2 N–H and O–H groups in total. The molecule has 1 aromatic heterocycles. The molecule has 0 saturated heterocycles. The number of imidazole rings is 1. The Bertz CT molecular complexity index is 179. The lowest BCUT2D eigenvalue weighted by Crippen LogP contribution is -1.95. The number of H-pyrrole nitrogens is 1. The van der Waals surface area contributed by atoms with Crippen LogP contribution in [-0.2, 0) is 9.53 Å². The number of aromatic amines is 1. The Kier molecular flexibility index (Phi) is 5.22. The van der Waals surface area contributed by atoms with Crippen LogP contribution in [0.4, 0.5) is 4.79 Å². The molecule has 11 heavy (non-hydrogen) atoms. The predicted molar refractivity (Wildman–Crippen MR) is 33.8 cm³/mol. The minimum atomic E-state index is -1.58. The third-order valence-electron chi connectivity index (χ3n) is 0.555. The van der Waals surface area contributed by atoms with Gasteiger partial charge in [-0.25, -0.2) is 9.78 Å². The molecular formula is C5H6N2O4. The molecular weight excluding hydrogens is 152 g/mol. The van der Waals surface area contributed by atoms with Crippen molar-refractivity contribution in [3.05, 3.63) is 18.7 Å². The Morgan fingerprint density at radius 3 is 2.55 bits per heavy atom. The van der Waals surface area contributed by atoms with E-state index >= 15 is 0 Å². The van der Waals surface area contributed by atoms with Gasteiger partial charge < -0.3 is 14.8 Å². The topological polar surface area (TPSA) is 92.3 Å². The van der Waals surface area contributed by atoms with Crippen molar-refractivity contribution in [3.63, 3.8) is 0 Å². The van der Waals surface area contributed by atoms with Crippen LogP contribution in [-0.4, -0.2) is 27.7 Å². The summed E-state index contributed by atoms with van der Waals surface area (Å²) in [5.74, 6) is 0. The highest BCUT2D eigenvalue weighted by molar-refractivity contribution is 5.66. The second-order valence-corrected chi connectivity index (χ2v) is 1.24. The lowest BCUT2D eigenvalue weighted by molar-refractivity contribution is -0.124. The average Bonchev–Trinajstić information content (AvgIpc) is 2.41.